The number of hydrogen-bond donors (Lipinski definition) is 2. The van der Waals surface area contributed by atoms with E-state index in [1.807, 2.05) is 60.7 Å². The molecular weight excluding hydrogens is 482 g/mol. The zero-order chi connectivity index (χ0) is 26.5. The predicted molar refractivity (Wildman–Crippen MR) is 143 cm³/mol. The van der Waals surface area contributed by atoms with Crippen molar-refractivity contribution in [2.75, 3.05) is 13.7 Å². The van der Waals surface area contributed by atoms with Crippen molar-refractivity contribution in [2.45, 2.75) is 5.92 Å². The third kappa shape index (κ3) is 5.10. The van der Waals surface area contributed by atoms with Crippen LogP contribution in [0.4, 0.5) is 0 Å². The Kier molecular flexibility index (Phi) is 7.13. The van der Waals surface area contributed by atoms with Gasteiger partial charge in [-0.1, -0.05) is 66.7 Å². The first-order valence-corrected chi connectivity index (χ1v) is 12.1. The Morgan fingerprint density at radius 3 is 2.53 bits per heavy atom. The molecule has 2 amide bonds. The van der Waals surface area contributed by atoms with Crippen LogP contribution in [0, 0.1) is 5.92 Å². The van der Waals surface area contributed by atoms with Gasteiger partial charge in [-0.2, -0.15) is 5.10 Å². The molecule has 1 fully saturated rings. The van der Waals surface area contributed by atoms with Crippen molar-refractivity contribution in [1.82, 2.24) is 10.7 Å². The number of rotatable bonds is 7. The molecule has 8 heteroatoms. The fraction of sp³-hybridized carbons (Fsp3) is 0.133. The summed E-state index contributed by atoms with van der Waals surface area (Å²) in [5, 5.41) is 8.52. The summed E-state index contributed by atoms with van der Waals surface area (Å²) in [7, 11) is 1.47. The van der Waals surface area contributed by atoms with Crippen molar-refractivity contribution in [3.8, 4) is 11.5 Å². The lowest BCUT2D eigenvalue weighted by atomic mass is 9.88. The first-order valence-electron chi connectivity index (χ1n) is 12.1. The number of hydrazone groups is 1. The largest absolute Gasteiger partial charge is 0.493 e. The van der Waals surface area contributed by atoms with E-state index in [-0.39, 0.29) is 17.6 Å². The fourth-order valence-corrected chi connectivity index (χ4v) is 4.58. The average molecular weight is 508 g/mol. The maximum absolute atomic E-state index is 12.9. The van der Waals surface area contributed by atoms with Gasteiger partial charge in [0.2, 0.25) is 5.91 Å². The van der Waals surface area contributed by atoms with Crippen molar-refractivity contribution in [1.29, 1.82) is 0 Å². The number of hydrogen-bond acceptors (Lipinski definition) is 6. The van der Waals surface area contributed by atoms with Crippen molar-refractivity contribution < 1.29 is 23.9 Å². The molecule has 4 aromatic rings. The first-order chi connectivity index (χ1) is 18.5. The van der Waals surface area contributed by atoms with Gasteiger partial charge in [0.1, 0.15) is 5.92 Å². The van der Waals surface area contributed by atoms with Crippen LogP contribution in [0.15, 0.2) is 96.1 Å². The molecule has 0 aromatic heterocycles. The topological polar surface area (TPSA) is 106 Å². The molecule has 1 aliphatic heterocycles. The number of methoxy groups -OCH3 is 1. The summed E-state index contributed by atoms with van der Waals surface area (Å²) in [5.41, 5.74) is 4.43. The van der Waals surface area contributed by atoms with E-state index in [2.05, 4.69) is 15.8 Å². The maximum Gasteiger partial charge on any atom is 0.344 e. The van der Waals surface area contributed by atoms with E-state index >= 15 is 0 Å². The second kappa shape index (κ2) is 11.0. The zero-order valence-electron chi connectivity index (χ0n) is 20.6. The quantitative estimate of drug-likeness (QED) is 0.129. The zero-order valence-corrected chi connectivity index (χ0v) is 20.6. The molecule has 0 radical (unpaired) electrons. The van der Waals surface area contributed by atoms with Crippen LogP contribution in [-0.2, 0) is 9.59 Å². The van der Waals surface area contributed by atoms with Crippen LogP contribution in [0.2, 0.25) is 0 Å². The van der Waals surface area contributed by atoms with E-state index in [1.54, 1.807) is 30.3 Å². The SMILES string of the molecule is COc1cc(/C=N/NC(=O)[C@H]2C(=O)NC[C@H]2c2ccccc2)ccc1OC(=O)c1cccc2ccccc12. The van der Waals surface area contributed by atoms with Gasteiger partial charge in [-0.05, 0) is 46.2 Å². The Balaban J connectivity index is 1.27. The molecule has 5 rings (SSSR count). The van der Waals surface area contributed by atoms with Crippen molar-refractivity contribution in [2.24, 2.45) is 11.0 Å². The van der Waals surface area contributed by atoms with E-state index in [9.17, 15) is 14.4 Å². The van der Waals surface area contributed by atoms with Crippen LogP contribution in [0.3, 0.4) is 0 Å². The summed E-state index contributed by atoms with van der Waals surface area (Å²) < 4.78 is 11.1. The molecule has 4 aromatic carbocycles. The Morgan fingerprint density at radius 2 is 1.71 bits per heavy atom. The van der Waals surface area contributed by atoms with Gasteiger partial charge in [0, 0.05) is 12.5 Å². The predicted octanol–water partition coefficient (Wildman–Crippen LogP) is 4.05. The smallest absolute Gasteiger partial charge is 0.344 e. The number of esters is 1. The van der Waals surface area contributed by atoms with Gasteiger partial charge in [-0.3, -0.25) is 9.59 Å². The monoisotopic (exact) mass is 507 g/mol. The number of ether oxygens (including phenoxy) is 2. The minimum atomic E-state index is -0.875. The summed E-state index contributed by atoms with van der Waals surface area (Å²) in [5.74, 6) is -1.89. The van der Waals surface area contributed by atoms with Crippen LogP contribution in [-0.4, -0.2) is 37.7 Å². The summed E-state index contributed by atoms with van der Waals surface area (Å²) >= 11 is 0. The van der Waals surface area contributed by atoms with Crippen molar-refractivity contribution in [3.63, 3.8) is 0 Å². The lowest BCUT2D eigenvalue weighted by Gasteiger charge is -2.15. The maximum atomic E-state index is 12.9. The molecule has 0 aliphatic carbocycles. The molecule has 1 saturated heterocycles. The standard InChI is InChI=1S/C30H25N3O5/c1-37-26-16-19(14-15-25(26)38-30(36)23-13-7-11-20-10-5-6-12-22(20)23)17-32-33-29(35)27-24(18-31-28(27)34)21-8-3-2-4-9-21/h2-17,24,27H,18H2,1H3,(H,31,34)(H,33,35)/b32-17+/t24-,27+/m0/s1. The van der Waals surface area contributed by atoms with Crippen molar-refractivity contribution >= 4 is 34.8 Å². The molecule has 190 valence electrons. The third-order valence-corrected chi connectivity index (χ3v) is 6.48. The third-order valence-electron chi connectivity index (χ3n) is 6.48. The summed E-state index contributed by atoms with van der Waals surface area (Å²) in [6.07, 6.45) is 1.43. The van der Waals surface area contributed by atoms with Crippen LogP contribution in [0.5, 0.6) is 11.5 Å². The summed E-state index contributed by atoms with van der Waals surface area (Å²) in [6, 6.07) is 27.4. The lowest BCUT2D eigenvalue weighted by Crippen LogP contribution is -2.34. The van der Waals surface area contributed by atoms with Gasteiger partial charge in [0.05, 0.1) is 18.9 Å². The van der Waals surface area contributed by atoms with Gasteiger partial charge >= 0.3 is 5.97 Å². The Morgan fingerprint density at radius 1 is 0.947 bits per heavy atom. The van der Waals surface area contributed by atoms with Gasteiger partial charge in [-0.25, -0.2) is 10.2 Å². The molecule has 1 heterocycles. The van der Waals surface area contributed by atoms with E-state index in [0.29, 0.717) is 23.4 Å². The van der Waals surface area contributed by atoms with Gasteiger partial charge in [-0.15, -0.1) is 0 Å². The van der Waals surface area contributed by atoms with E-state index in [1.165, 1.54) is 13.3 Å². The number of benzene rings is 4. The number of nitrogens with one attached hydrogen (secondary N) is 2. The second-order valence-corrected chi connectivity index (χ2v) is 8.80. The highest BCUT2D eigenvalue weighted by Crippen LogP contribution is 2.30. The Bertz CT molecular complexity index is 1530. The van der Waals surface area contributed by atoms with Gasteiger partial charge < -0.3 is 14.8 Å². The van der Waals surface area contributed by atoms with Crippen LogP contribution in [0.25, 0.3) is 10.8 Å². The van der Waals surface area contributed by atoms with Crippen LogP contribution < -0.4 is 20.2 Å². The van der Waals surface area contributed by atoms with E-state index < -0.39 is 17.8 Å². The normalized spacial score (nSPS) is 16.8. The summed E-state index contributed by atoms with van der Waals surface area (Å²) in [4.78, 5) is 38.0. The van der Waals surface area contributed by atoms with Crippen LogP contribution >= 0.6 is 0 Å². The molecule has 1 aliphatic rings. The summed E-state index contributed by atoms with van der Waals surface area (Å²) in [6.45, 7) is 0.390. The molecule has 0 saturated carbocycles. The Labute approximate surface area is 219 Å². The fourth-order valence-electron chi connectivity index (χ4n) is 4.58. The molecule has 2 N–H and O–H groups in total. The number of fused-ring (bicyclic) bond motifs is 1. The second-order valence-electron chi connectivity index (χ2n) is 8.80. The van der Waals surface area contributed by atoms with E-state index in [0.717, 1.165) is 16.3 Å². The molecule has 0 spiro atoms. The molecule has 0 bridgehead atoms. The van der Waals surface area contributed by atoms with Crippen molar-refractivity contribution in [3.05, 3.63) is 108 Å². The van der Waals surface area contributed by atoms with Gasteiger partial charge in [0.15, 0.2) is 11.5 Å². The molecular formula is C30H25N3O5. The number of carbonyl (C=O) groups is 3. The highest BCUT2D eigenvalue weighted by molar-refractivity contribution is 6.05. The number of carbonyl (C=O) groups excluding carboxylic acids is 3. The van der Waals surface area contributed by atoms with Crippen LogP contribution in [0.1, 0.15) is 27.4 Å². The van der Waals surface area contributed by atoms with Gasteiger partial charge in [0.25, 0.3) is 5.91 Å². The number of amides is 2. The van der Waals surface area contributed by atoms with E-state index in [4.69, 9.17) is 9.47 Å². The highest BCUT2D eigenvalue weighted by Gasteiger charge is 2.40. The first kappa shape index (κ1) is 24.7. The average Bonchev–Trinajstić information content (AvgIpc) is 3.35. The minimum absolute atomic E-state index is 0.250. The molecule has 8 nitrogen and oxygen atoms in total. The lowest BCUT2D eigenvalue weighted by molar-refractivity contribution is -0.133. The minimum Gasteiger partial charge on any atom is -0.493 e. The molecule has 0 unspecified atom stereocenters. The highest BCUT2D eigenvalue weighted by atomic mass is 16.6. The number of nitrogens with zero attached hydrogens (tertiary/aromatic N) is 1. The molecule has 2 atom stereocenters. The Hall–Kier alpha value is -4.98. The molecule has 38 heavy (non-hydrogen) atoms.